The maximum absolute atomic E-state index is 5.99. The molecule has 0 radical (unpaired) electrons. The fourth-order valence-electron chi connectivity index (χ4n) is 3.22. The van der Waals surface area contributed by atoms with Crippen molar-refractivity contribution in [1.82, 2.24) is 4.90 Å². The summed E-state index contributed by atoms with van der Waals surface area (Å²) in [7, 11) is 4.03. The Bertz CT molecular complexity index is 243. The van der Waals surface area contributed by atoms with E-state index >= 15 is 0 Å². The topological polar surface area (TPSA) is 38.5 Å². The molecule has 1 aliphatic carbocycles. The third-order valence-corrected chi connectivity index (χ3v) is 4.72. The van der Waals surface area contributed by atoms with Crippen molar-refractivity contribution in [1.29, 1.82) is 0 Å². The van der Waals surface area contributed by atoms with E-state index in [2.05, 4.69) is 32.7 Å². The van der Waals surface area contributed by atoms with Crippen molar-refractivity contribution in [2.45, 2.75) is 70.6 Å². The van der Waals surface area contributed by atoms with Gasteiger partial charge in [0.25, 0.3) is 0 Å². The van der Waals surface area contributed by atoms with E-state index in [0.717, 1.165) is 12.3 Å². The summed E-state index contributed by atoms with van der Waals surface area (Å²) in [5.74, 6) is 0.795. The molecule has 1 aliphatic rings. The van der Waals surface area contributed by atoms with Gasteiger partial charge < -0.3 is 10.5 Å². The van der Waals surface area contributed by atoms with Crippen LogP contribution in [0.3, 0.4) is 0 Å². The van der Waals surface area contributed by atoms with E-state index in [0.29, 0.717) is 18.6 Å². The summed E-state index contributed by atoms with van der Waals surface area (Å²) in [5, 5.41) is 0. The Morgan fingerprint density at radius 2 is 1.94 bits per heavy atom. The standard InChI is InChI=1S/C15H32N2O/c1-12-8-6-7-9-14(12)17(4)13(11-16)10-15(2,3)18-5/h12-14H,6-11,16H2,1-5H3. The molecule has 3 unspecified atom stereocenters. The van der Waals surface area contributed by atoms with Crippen LogP contribution in [0, 0.1) is 5.92 Å². The molecule has 0 heterocycles. The largest absolute Gasteiger partial charge is 0.379 e. The molecule has 0 aromatic carbocycles. The Morgan fingerprint density at radius 3 is 2.44 bits per heavy atom. The Labute approximate surface area is 113 Å². The number of ether oxygens (including phenoxy) is 1. The number of nitrogens with two attached hydrogens (primary N) is 1. The Balaban J connectivity index is 2.63. The smallest absolute Gasteiger partial charge is 0.0638 e. The molecule has 3 nitrogen and oxygen atoms in total. The minimum absolute atomic E-state index is 0.0871. The molecule has 0 bridgehead atoms. The van der Waals surface area contributed by atoms with Gasteiger partial charge in [0, 0.05) is 25.7 Å². The van der Waals surface area contributed by atoms with Gasteiger partial charge in [-0.05, 0) is 46.1 Å². The highest BCUT2D eigenvalue weighted by molar-refractivity contribution is 4.87. The van der Waals surface area contributed by atoms with Crippen LogP contribution in [0.25, 0.3) is 0 Å². The van der Waals surface area contributed by atoms with Gasteiger partial charge in [0.15, 0.2) is 0 Å². The molecular formula is C15H32N2O. The maximum atomic E-state index is 5.99. The average molecular weight is 256 g/mol. The van der Waals surface area contributed by atoms with E-state index in [4.69, 9.17) is 10.5 Å². The van der Waals surface area contributed by atoms with Crippen LogP contribution in [0.5, 0.6) is 0 Å². The van der Waals surface area contributed by atoms with Crippen LogP contribution in [-0.2, 0) is 4.74 Å². The Hall–Kier alpha value is -0.120. The first-order valence-electron chi connectivity index (χ1n) is 7.38. The lowest BCUT2D eigenvalue weighted by molar-refractivity contribution is -0.0162. The number of likely N-dealkylation sites (N-methyl/N-ethyl adjacent to an activating group) is 1. The van der Waals surface area contributed by atoms with Crippen LogP contribution in [-0.4, -0.2) is 43.3 Å². The van der Waals surface area contributed by atoms with Gasteiger partial charge in [-0.2, -0.15) is 0 Å². The van der Waals surface area contributed by atoms with E-state index in [1.54, 1.807) is 7.11 Å². The molecule has 3 atom stereocenters. The van der Waals surface area contributed by atoms with Crippen molar-refractivity contribution in [2.75, 3.05) is 20.7 Å². The molecule has 1 rings (SSSR count). The summed E-state index contributed by atoms with van der Waals surface area (Å²) in [6.45, 7) is 7.39. The van der Waals surface area contributed by atoms with Crippen LogP contribution < -0.4 is 5.73 Å². The maximum Gasteiger partial charge on any atom is 0.0638 e. The van der Waals surface area contributed by atoms with Crippen LogP contribution in [0.15, 0.2) is 0 Å². The second kappa shape index (κ2) is 6.88. The first kappa shape index (κ1) is 15.9. The molecule has 18 heavy (non-hydrogen) atoms. The van der Waals surface area contributed by atoms with E-state index in [1.165, 1.54) is 25.7 Å². The number of methoxy groups -OCH3 is 1. The third-order valence-electron chi connectivity index (χ3n) is 4.72. The predicted octanol–water partition coefficient (Wildman–Crippen LogP) is 2.64. The fourth-order valence-corrected chi connectivity index (χ4v) is 3.22. The highest BCUT2D eigenvalue weighted by Gasteiger charge is 2.31. The lowest BCUT2D eigenvalue weighted by Crippen LogP contribution is -2.50. The molecule has 108 valence electrons. The molecular weight excluding hydrogens is 224 g/mol. The van der Waals surface area contributed by atoms with Crippen LogP contribution in [0.4, 0.5) is 0 Å². The van der Waals surface area contributed by atoms with Crippen molar-refractivity contribution in [3.63, 3.8) is 0 Å². The van der Waals surface area contributed by atoms with Gasteiger partial charge in [-0.15, -0.1) is 0 Å². The highest BCUT2D eigenvalue weighted by atomic mass is 16.5. The van der Waals surface area contributed by atoms with Crippen molar-refractivity contribution in [3.05, 3.63) is 0 Å². The van der Waals surface area contributed by atoms with E-state index in [9.17, 15) is 0 Å². The van der Waals surface area contributed by atoms with Crippen molar-refractivity contribution < 1.29 is 4.74 Å². The second-order valence-electron chi connectivity index (χ2n) is 6.55. The zero-order chi connectivity index (χ0) is 13.8. The van der Waals surface area contributed by atoms with Crippen molar-refractivity contribution in [3.8, 4) is 0 Å². The minimum Gasteiger partial charge on any atom is -0.379 e. The SMILES string of the molecule is COC(C)(C)CC(CN)N(C)C1CCCCC1C. The van der Waals surface area contributed by atoms with E-state index < -0.39 is 0 Å². The van der Waals surface area contributed by atoms with Gasteiger partial charge in [0.05, 0.1) is 5.60 Å². The molecule has 0 saturated heterocycles. The third kappa shape index (κ3) is 4.22. The minimum atomic E-state index is -0.0871. The van der Waals surface area contributed by atoms with Crippen LogP contribution in [0.2, 0.25) is 0 Å². The lowest BCUT2D eigenvalue weighted by atomic mass is 9.83. The van der Waals surface area contributed by atoms with Crippen molar-refractivity contribution >= 4 is 0 Å². The summed E-state index contributed by atoms with van der Waals surface area (Å²) < 4.78 is 5.55. The van der Waals surface area contributed by atoms with Crippen LogP contribution >= 0.6 is 0 Å². The molecule has 1 saturated carbocycles. The van der Waals surface area contributed by atoms with Crippen LogP contribution in [0.1, 0.15) is 52.9 Å². The molecule has 0 aromatic heterocycles. The molecule has 3 heteroatoms. The predicted molar refractivity (Wildman–Crippen MR) is 77.7 cm³/mol. The fraction of sp³-hybridized carbons (Fsp3) is 1.00. The highest BCUT2D eigenvalue weighted by Crippen LogP contribution is 2.30. The average Bonchev–Trinajstić information content (AvgIpc) is 2.36. The summed E-state index contributed by atoms with van der Waals surface area (Å²) >= 11 is 0. The zero-order valence-corrected chi connectivity index (χ0v) is 12.9. The summed E-state index contributed by atoms with van der Waals surface area (Å²) in [6, 6.07) is 1.12. The molecule has 1 fully saturated rings. The number of rotatable bonds is 6. The lowest BCUT2D eigenvalue weighted by Gasteiger charge is -2.42. The molecule has 0 spiro atoms. The van der Waals surface area contributed by atoms with Gasteiger partial charge in [-0.25, -0.2) is 0 Å². The molecule has 0 aliphatic heterocycles. The first-order chi connectivity index (χ1) is 8.41. The van der Waals surface area contributed by atoms with Gasteiger partial charge in [-0.3, -0.25) is 4.90 Å². The monoisotopic (exact) mass is 256 g/mol. The first-order valence-corrected chi connectivity index (χ1v) is 7.38. The molecule has 0 amide bonds. The Kier molecular flexibility index (Phi) is 6.09. The quantitative estimate of drug-likeness (QED) is 0.794. The normalized spacial score (nSPS) is 27.5. The van der Waals surface area contributed by atoms with Gasteiger partial charge in [0.2, 0.25) is 0 Å². The number of nitrogens with zero attached hydrogens (tertiary/aromatic N) is 1. The van der Waals surface area contributed by atoms with Gasteiger partial charge >= 0.3 is 0 Å². The van der Waals surface area contributed by atoms with Crippen molar-refractivity contribution in [2.24, 2.45) is 11.7 Å². The van der Waals surface area contributed by atoms with E-state index in [-0.39, 0.29) is 5.60 Å². The molecule has 0 aromatic rings. The Morgan fingerprint density at radius 1 is 1.33 bits per heavy atom. The number of hydrogen-bond acceptors (Lipinski definition) is 3. The summed E-state index contributed by atoms with van der Waals surface area (Å²) in [4.78, 5) is 2.52. The molecule has 2 N–H and O–H groups in total. The van der Waals surface area contributed by atoms with Gasteiger partial charge in [0.1, 0.15) is 0 Å². The zero-order valence-electron chi connectivity index (χ0n) is 12.9. The van der Waals surface area contributed by atoms with E-state index in [1.807, 2.05) is 0 Å². The summed E-state index contributed by atoms with van der Waals surface area (Å²) in [5.41, 5.74) is 5.90. The summed E-state index contributed by atoms with van der Waals surface area (Å²) in [6.07, 6.45) is 6.44. The number of hydrogen-bond donors (Lipinski definition) is 1. The van der Waals surface area contributed by atoms with Gasteiger partial charge in [-0.1, -0.05) is 19.8 Å². The second-order valence-corrected chi connectivity index (χ2v) is 6.55.